The van der Waals surface area contributed by atoms with Crippen molar-refractivity contribution in [1.82, 2.24) is 0 Å². The average molecular weight is 527 g/mol. The van der Waals surface area contributed by atoms with E-state index in [0.717, 1.165) is 12.8 Å². The molecule has 0 rings (SSSR count). The summed E-state index contributed by atoms with van der Waals surface area (Å²) in [6.45, 7) is 5.53. The maximum absolute atomic E-state index is 10.6. The summed E-state index contributed by atoms with van der Waals surface area (Å²) < 4.78 is 9.76. The first-order valence-electron chi connectivity index (χ1n) is 10.1. The zero-order chi connectivity index (χ0) is 19.9. The van der Waals surface area contributed by atoms with Crippen LogP contribution in [0.25, 0.3) is 0 Å². The first-order valence-corrected chi connectivity index (χ1v) is 11.4. The molecule has 0 aromatic carbocycles. The Morgan fingerprint density at radius 3 is 1.19 bits per heavy atom. The van der Waals surface area contributed by atoms with Crippen molar-refractivity contribution in [2.75, 3.05) is 24.7 Å². The van der Waals surface area contributed by atoms with Crippen LogP contribution in [0.1, 0.15) is 90.9 Å². The summed E-state index contributed by atoms with van der Waals surface area (Å²) in [6.07, 6.45) is 14.6. The van der Waals surface area contributed by atoms with E-state index in [9.17, 15) is 9.59 Å². The van der Waals surface area contributed by atoms with Crippen LogP contribution in [-0.4, -0.2) is 60.6 Å². The summed E-state index contributed by atoms with van der Waals surface area (Å²) in [7, 11) is 0. The van der Waals surface area contributed by atoms with Crippen molar-refractivity contribution < 1.29 is 19.1 Å². The molecular formula is C20H40O4S2Sn. The standard InChI is InChI=1S/2C10H20O2S.Sn/c2*1-2-3-4-5-6-7-8-12-10(11)9-13;/h2*13H,2-9H2,1H3;. The molecule has 0 N–H and O–H groups in total. The van der Waals surface area contributed by atoms with E-state index < -0.39 is 0 Å². The van der Waals surface area contributed by atoms with E-state index in [-0.39, 0.29) is 47.4 Å². The molecule has 0 unspecified atom stereocenters. The Hall–Kier alpha value is 0.439. The maximum Gasteiger partial charge on any atom is 0.315 e. The number of ether oxygens (including phenoxy) is 2. The van der Waals surface area contributed by atoms with E-state index in [4.69, 9.17) is 9.47 Å². The van der Waals surface area contributed by atoms with Crippen LogP contribution in [0.5, 0.6) is 0 Å². The summed E-state index contributed by atoms with van der Waals surface area (Å²) in [5.74, 6) is -0.0418. The molecule has 0 atom stereocenters. The van der Waals surface area contributed by atoms with Crippen LogP contribution >= 0.6 is 25.3 Å². The van der Waals surface area contributed by atoms with Gasteiger partial charge in [0.25, 0.3) is 0 Å². The largest absolute Gasteiger partial charge is 0.465 e. The van der Waals surface area contributed by atoms with Crippen molar-refractivity contribution >= 4 is 61.1 Å². The third kappa shape index (κ3) is 31.4. The van der Waals surface area contributed by atoms with Gasteiger partial charge in [-0.3, -0.25) is 9.59 Å². The van der Waals surface area contributed by atoms with Crippen molar-refractivity contribution in [2.45, 2.75) is 90.9 Å². The van der Waals surface area contributed by atoms with Gasteiger partial charge in [0.2, 0.25) is 0 Å². The van der Waals surface area contributed by atoms with Gasteiger partial charge < -0.3 is 9.47 Å². The van der Waals surface area contributed by atoms with Gasteiger partial charge in [0, 0.05) is 23.9 Å². The van der Waals surface area contributed by atoms with E-state index in [1.54, 1.807) is 0 Å². The van der Waals surface area contributed by atoms with Crippen molar-refractivity contribution in [2.24, 2.45) is 0 Å². The van der Waals surface area contributed by atoms with Crippen LogP contribution in [0.3, 0.4) is 0 Å². The molecule has 0 heterocycles. The van der Waals surface area contributed by atoms with Gasteiger partial charge in [-0.15, -0.1) is 0 Å². The van der Waals surface area contributed by atoms with Crippen LogP contribution in [0.2, 0.25) is 0 Å². The van der Waals surface area contributed by atoms with Gasteiger partial charge in [0.05, 0.1) is 24.7 Å². The molecule has 160 valence electrons. The zero-order valence-electron chi connectivity index (χ0n) is 17.3. The topological polar surface area (TPSA) is 52.6 Å². The molecule has 4 nitrogen and oxygen atoms in total. The predicted octanol–water partition coefficient (Wildman–Crippen LogP) is 5.26. The molecule has 0 saturated heterocycles. The van der Waals surface area contributed by atoms with Gasteiger partial charge in [-0.1, -0.05) is 78.1 Å². The Bertz CT molecular complexity index is 288. The van der Waals surface area contributed by atoms with E-state index in [1.165, 1.54) is 64.2 Å². The fourth-order valence-corrected chi connectivity index (χ4v) is 2.41. The Morgan fingerprint density at radius 1 is 0.593 bits per heavy atom. The first kappa shape index (κ1) is 32.1. The number of rotatable bonds is 16. The van der Waals surface area contributed by atoms with Crippen LogP contribution in [0, 0.1) is 0 Å². The van der Waals surface area contributed by atoms with Crippen LogP contribution in [0.15, 0.2) is 0 Å². The second kappa shape index (κ2) is 28.6. The summed E-state index contributed by atoms with van der Waals surface area (Å²) in [6, 6.07) is 0. The number of carbonyl (C=O) groups excluding carboxylic acids is 2. The fourth-order valence-electron chi connectivity index (χ4n) is 2.23. The molecule has 4 radical (unpaired) electrons. The number of unbranched alkanes of at least 4 members (excludes halogenated alkanes) is 10. The van der Waals surface area contributed by atoms with E-state index in [0.29, 0.717) is 13.2 Å². The summed E-state index contributed by atoms with van der Waals surface area (Å²) in [5, 5.41) is 0. The second-order valence-electron chi connectivity index (χ2n) is 6.29. The molecule has 27 heavy (non-hydrogen) atoms. The summed E-state index contributed by atoms with van der Waals surface area (Å²) in [5.41, 5.74) is 0. The van der Waals surface area contributed by atoms with Gasteiger partial charge >= 0.3 is 11.9 Å². The number of hydrogen-bond donors (Lipinski definition) is 2. The Balaban J connectivity index is -0.000000411. The maximum atomic E-state index is 10.6. The SMILES string of the molecule is CCCCCCCCOC(=O)CS.CCCCCCCCOC(=O)CS.[Sn]. The Morgan fingerprint density at radius 2 is 0.889 bits per heavy atom. The van der Waals surface area contributed by atoms with Gasteiger partial charge in [-0.2, -0.15) is 25.3 Å². The smallest absolute Gasteiger partial charge is 0.315 e. The van der Waals surface area contributed by atoms with Crippen LogP contribution < -0.4 is 0 Å². The minimum atomic E-state index is -0.211. The van der Waals surface area contributed by atoms with Crippen molar-refractivity contribution in [3.8, 4) is 0 Å². The normalized spacial score (nSPS) is 9.63. The molecule has 0 aromatic rings. The molecule has 0 fully saturated rings. The van der Waals surface area contributed by atoms with Gasteiger partial charge in [-0.25, -0.2) is 0 Å². The number of thiol groups is 2. The number of hydrogen-bond acceptors (Lipinski definition) is 6. The molecule has 0 aliphatic heterocycles. The quantitative estimate of drug-likeness (QED) is 0.125. The molecule has 0 spiro atoms. The Labute approximate surface area is 195 Å². The fraction of sp³-hybridized carbons (Fsp3) is 0.900. The molecule has 0 aliphatic carbocycles. The molecule has 0 aliphatic rings. The van der Waals surface area contributed by atoms with Gasteiger partial charge in [0.15, 0.2) is 0 Å². The Kier molecular flexibility index (Phi) is 34.1. The minimum Gasteiger partial charge on any atom is -0.465 e. The predicted molar refractivity (Wildman–Crippen MR) is 122 cm³/mol. The van der Waals surface area contributed by atoms with Crippen molar-refractivity contribution in [1.29, 1.82) is 0 Å². The zero-order valence-corrected chi connectivity index (χ0v) is 22.0. The van der Waals surface area contributed by atoms with Crippen molar-refractivity contribution in [3.05, 3.63) is 0 Å². The van der Waals surface area contributed by atoms with E-state index in [2.05, 4.69) is 39.1 Å². The van der Waals surface area contributed by atoms with E-state index >= 15 is 0 Å². The third-order valence-electron chi connectivity index (χ3n) is 3.78. The molecule has 0 saturated carbocycles. The van der Waals surface area contributed by atoms with Gasteiger partial charge in [0.1, 0.15) is 0 Å². The van der Waals surface area contributed by atoms with Crippen LogP contribution in [-0.2, 0) is 19.1 Å². The summed E-state index contributed by atoms with van der Waals surface area (Å²) >= 11 is 7.62. The molecule has 7 heteroatoms. The van der Waals surface area contributed by atoms with E-state index in [1.807, 2.05) is 0 Å². The monoisotopic (exact) mass is 528 g/mol. The first-order chi connectivity index (χ1) is 12.6. The average Bonchev–Trinajstić information content (AvgIpc) is 2.66. The summed E-state index contributed by atoms with van der Waals surface area (Å²) in [4.78, 5) is 21.3. The number of esters is 2. The molecular weight excluding hydrogens is 487 g/mol. The molecule has 0 aromatic heterocycles. The van der Waals surface area contributed by atoms with Crippen molar-refractivity contribution in [3.63, 3.8) is 0 Å². The molecule has 0 bridgehead atoms. The van der Waals surface area contributed by atoms with Crippen LogP contribution in [0.4, 0.5) is 0 Å². The third-order valence-corrected chi connectivity index (χ3v) is 4.30. The molecule has 0 amide bonds. The number of carbonyl (C=O) groups is 2. The minimum absolute atomic E-state index is 0. The van der Waals surface area contributed by atoms with Gasteiger partial charge in [-0.05, 0) is 12.8 Å². The second-order valence-corrected chi connectivity index (χ2v) is 6.93.